The Hall–Kier alpha value is -2.56. The van der Waals surface area contributed by atoms with E-state index in [4.69, 9.17) is 10.9 Å². The van der Waals surface area contributed by atoms with E-state index in [0.29, 0.717) is 13.0 Å². The second-order valence-corrected chi connectivity index (χ2v) is 4.78. The first-order valence-electron chi connectivity index (χ1n) is 6.95. The minimum atomic E-state index is 0.248. The van der Waals surface area contributed by atoms with Crippen molar-refractivity contribution < 1.29 is 5.21 Å². The average molecular weight is 284 g/mol. The third-order valence-electron chi connectivity index (χ3n) is 3.28. The summed E-state index contributed by atoms with van der Waals surface area (Å²) in [5.74, 6) is 0.248. The number of nitrogens with zero attached hydrogens (tertiary/aromatic N) is 3. The van der Waals surface area contributed by atoms with Crippen molar-refractivity contribution in [3.8, 4) is 0 Å². The lowest BCUT2D eigenvalue weighted by molar-refractivity contribution is 0.317. The van der Waals surface area contributed by atoms with Crippen molar-refractivity contribution >= 4 is 11.5 Å². The summed E-state index contributed by atoms with van der Waals surface area (Å²) in [6, 6.07) is 14.2. The van der Waals surface area contributed by atoms with Gasteiger partial charge in [-0.05, 0) is 30.2 Å². The number of oxime groups is 1. The maximum atomic E-state index is 8.66. The molecule has 0 atom stereocenters. The zero-order chi connectivity index (χ0) is 14.9. The number of hydrogen-bond acceptors (Lipinski definition) is 4. The molecular formula is C16H20N4O. The molecule has 0 radical (unpaired) electrons. The summed E-state index contributed by atoms with van der Waals surface area (Å²) >= 11 is 0. The van der Waals surface area contributed by atoms with Crippen molar-refractivity contribution in [3.05, 3.63) is 60.4 Å². The molecule has 0 fully saturated rings. The summed E-state index contributed by atoms with van der Waals surface area (Å²) in [5, 5.41) is 11.7. The molecule has 110 valence electrons. The summed E-state index contributed by atoms with van der Waals surface area (Å²) in [4.78, 5) is 6.36. The lowest BCUT2D eigenvalue weighted by Crippen LogP contribution is -2.30. The van der Waals surface area contributed by atoms with E-state index in [1.165, 1.54) is 5.56 Å². The molecule has 0 amide bonds. The van der Waals surface area contributed by atoms with Gasteiger partial charge >= 0.3 is 0 Å². The van der Waals surface area contributed by atoms with Crippen molar-refractivity contribution in [3.63, 3.8) is 0 Å². The highest BCUT2D eigenvalue weighted by Crippen LogP contribution is 2.14. The largest absolute Gasteiger partial charge is 0.409 e. The first-order chi connectivity index (χ1) is 10.3. The van der Waals surface area contributed by atoms with E-state index in [-0.39, 0.29) is 5.84 Å². The van der Waals surface area contributed by atoms with Gasteiger partial charge in [0.1, 0.15) is 5.84 Å². The Morgan fingerprint density at radius 1 is 1.14 bits per heavy atom. The van der Waals surface area contributed by atoms with Gasteiger partial charge in [0.05, 0.1) is 0 Å². The van der Waals surface area contributed by atoms with Gasteiger partial charge in [-0.25, -0.2) is 0 Å². The molecule has 0 saturated heterocycles. The molecule has 1 aromatic carbocycles. The highest BCUT2D eigenvalue weighted by Gasteiger charge is 2.07. The summed E-state index contributed by atoms with van der Waals surface area (Å²) in [7, 11) is 0. The van der Waals surface area contributed by atoms with Crippen molar-refractivity contribution in [1.29, 1.82) is 0 Å². The van der Waals surface area contributed by atoms with Gasteiger partial charge in [0.15, 0.2) is 0 Å². The Bertz CT molecular complexity index is 557. The summed E-state index contributed by atoms with van der Waals surface area (Å²) in [5.41, 5.74) is 7.90. The normalized spacial score (nSPS) is 11.3. The molecule has 5 nitrogen and oxygen atoms in total. The van der Waals surface area contributed by atoms with Crippen LogP contribution in [0.25, 0.3) is 0 Å². The quantitative estimate of drug-likeness (QED) is 0.354. The number of nitrogens with two attached hydrogens (primary N) is 1. The highest BCUT2D eigenvalue weighted by molar-refractivity contribution is 5.80. The lowest BCUT2D eigenvalue weighted by Gasteiger charge is -2.24. The van der Waals surface area contributed by atoms with Crippen LogP contribution in [0.4, 0.5) is 5.69 Å². The Balaban J connectivity index is 2.01. The maximum Gasteiger partial charge on any atom is 0.140 e. The number of para-hydroxylation sites is 1. The molecule has 2 rings (SSSR count). The smallest absolute Gasteiger partial charge is 0.140 e. The molecule has 0 aliphatic heterocycles. The highest BCUT2D eigenvalue weighted by atomic mass is 16.4. The monoisotopic (exact) mass is 284 g/mol. The number of pyridine rings is 1. The van der Waals surface area contributed by atoms with Crippen molar-refractivity contribution in [2.45, 2.75) is 12.8 Å². The SMILES string of the molecule is NC(CCN(CCc1cccnc1)c1ccccc1)=NO. The van der Waals surface area contributed by atoms with Gasteiger partial charge in [-0.3, -0.25) is 4.98 Å². The summed E-state index contributed by atoms with van der Waals surface area (Å²) in [6.45, 7) is 1.56. The van der Waals surface area contributed by atoms with Crippen LogP contribution in [0.15, 0.2) is 60.0 Å². The van der Waals surface area contributed by atoms with E-state index >= 15 is 0 Å². The van der Waals surface area contributed by atoms with Crippen LogP contribution < -0.4 is 10.6 Å². The van der Waals surface area contributed by atoms with E-state index in [9.17, 15) is 0 Å². The predicted octanol–water partition coefficient (Wildman–Crippen LogP) is 2.27. The molecule has 2 aromatic rings. The molecule has 0 bridgehead atoms. The van der Waals surface area contributed by atoms with Gasteiger partial charge in [0.2, 0.25) is 0 Å². The van der Waals surface area contributed by atoms with Gasteiger partial charge in [-0.2, -0.15) is 0 Å². The third-order valence-corrected chi connectivity index (χ3v) is 3.28. The molecule has 0 unspecified atom stereocenters. The number of anilines is 1. The topological polar surface area (TPSA) is 74.7 Å². The first kappa shape index (κ1) is 14.8. The minimum Gasteiger partial charge on any atom is -0.409 e. The zero-order valence-electron chi connectivity index (χ0n) is 11.9. The molecule has 0 aliphatic rings. The second kappa shape index (κ2) is 7.89. The predicted molar refractivity (Wildman–Crippen MR) is 84.6 cm³/mol. The summed E-state index contributed by atoms with van der Waals surface area (Å²) in [6.07, 6.45) is 5.08. The molecule has 1 aromatic heterocycles. The van der Waals surface area contributed by atoms with Gasteiger partial charge < -0.3 is 15.8 Å². The Labute approximate surface area is 124 Å². The molecule has 21 heavy (non-hydrogen) atoms. The second-order valence-electron chi connectivity index (χ2n) is 4.78. The van der Waals surface area contributed by atoms with Crippen LogP contribution in [0.1, 0.15) is 12.0 Å². The van der Waals surface area contributed by atoms with Gasteiger partial charge in [-0.15, -0.1) is 0 Å². The number of amidine groups is 1. The maximum absolute atomic E-state index is 8.66. The van der Waals surface area contributed by atoms with Crippen molar-refractivity contribution in [2.75, 3.05) is 18.0 Å². The number of hydrogen-bond donors (Lipinski definition) is 2. The zero-order valence-corrected chi connectivity index (χ0v) is 11.9. The first-order valence-corrected chi connectivity index (χ1v) is 6.95. The van der Waals surface area contributed by atoms with Crippen LogP contribution in [-0.4, -0.2) is 29.1 Å². The van der Waals surface area contributed by atoms with Crippen LogP contribution in [0.2, 0.25) is 0 Å². The minimum absolute atomic E-state index is 0.248. The van der Waals surface area contributed by atoms with Crippen LogP contribution in [-0.2, 0) is 6.42 Å². The Kier molecular flexibility index (Phi) is 5.58. The van der Waals surface area contributed by atoms with Crippen molar-refractivity contribution in [2.24, 2.45) is 10.9 Å². The molecule has 5 heteroatoms. The number of rotatable bonds is 7. The fourth-order valence-corrected chi connectivity index (χ4v) is 2.12. The van der Waals surface area contributed by atoms with E-state index in [1.54, 1.807) is 6.20 Å². The van der Waals surface area contributed by atoms with E-state index in [0.717, 1.165) is 18.7 Å². The lowest BCUT2D eigenvalue weighted by atomic mass is 10.2. The van der Waals surface area contributed by atoms with Gasteiger partial charge in [0, 0.05) is 37.6 Å². The van der Waals surface area contributed by atoms with Crippen LogP contribution in [0.5, 0.6) is 0 Å². The Morgan fingerprint density at radius 2 is 1.95 bits per heavy atom. The fraction of sp³-hybridized carbons (Fsp3) is 0.250. The Morgan fingerprint density at radius 3 is 2.62 bits per heavy atom. The van der Waals surface area contributed by atoms with E-state index in [2.05, 4.69) is 33.2 Å². The van der Waals surface area contributed by atoms with E-state index in [1.807, 2.05) is 30.5 Å². The van der Waals surface area contributed by atoms with Crippen LogP contribution >= 0.6 is 0 Å². The van der Waals surface area contributed by atoms with Gasteiger partial charge in [0.25, 0.3) is 0 Å². The standard InChI is InChI=1S/C16H20N4O/c17-16(19-21)9-12-20(15-6-2-1-3-7-15)11-8-14-5-4-10-18-13-14/h1-7,10,13,21H,8-9,11-12H2,(H2,17,19). The molecule has 0 aliphatic carbocycles. The van der Waals surface area contributed by atoms with Crippen LogP contribution in [0, 0.1) is 0 Å². The number of benzene rings is 1. The third kappa shape index (κ3) is 4.80. The van der Waals surface area contributed by atoms with E-state index < -0.39 is 0 Å². The molecule has 1 heterocycles. The van der Waals surface area contributed by atoms with Crippen LogP contribution in [0.3, 0.4) is 0 Å². The molecule has 0 spiro atoms. The molecule has 3 N–H and O–H groups in total. The fourth-order valence-electron chi connectivity index (χ4n) is 2.12. The summed E-state index contributed by atoms with van der Waals surface area (Å²) < 4.78 is 0. The number of aromatic nitrogens is 1. The van der Waals surface area contributed by atoms with Crippen molar-refractivity contribution in [1.82, 2.24) is 4.98 Å². The average Bonchev–Trinajstić information content (AvgIpc) is 2.56. The van der Waals surface area contributed by atoms with Gasteiger partial charge in [-0.1, -0.05) is 29.4 Å². The molecular weight excluding hydrogens is 264 g/mol. The molecule has 0 saturated carbocycles.